The van der Waals surface area contributed by atoms with E-state index in [1.165, 1.54) is 4.31 Å². The van der Waals surface area contributed by atoms with Crippen molar-refractivity contribution in [3.63, 3.8) is 0 Å². The number of hydrogen-bond donors (Lipinski definition) is 0. The van der Waals surface area contributed by atoms with Gasteiger partial charge in [-0.1, -0.05) is 22.9 Å². The molecule has 0 saturated carbocycles. The molecule has 0 unspecified atom stereocenters. The Morgan fingerprint density at radius 2 is 1.90 bits per heavy atom. The molecule has 1 saturated heterocycles. The second kappa shape index (κ2) is 7.08. The molecule has 0 radical (unpaired) electrons. The van der Waals surface area contributed by atoms with Gasteiger partial charge in [0.05, 0.1) is 4.90 Å². The van der Waals surface area contributed by atoms with Crippen LogP contribution < -0.4 is 0 Å². The van der Waals surface area contributed by atoms with Gasteiger partial charge in [-0.2, -0.15) is 4.31 Å². The summed E-state index contributed by atoms with van der Waals surface area (Å²) in [5.41, 5.74) is 0. The zero-order chi connectivity index (χ0) is 15.6. The smallest absolute Gasteiger partial charge is 0.244 e. The second-order valence-electron chi connectivity index (χ2n) is 5.26. The molecule has 0 atom stereocenters. The van der Waals surface area contributed by atoms with Gasteiger partial charge >= 0.3 is 0 Å². The molecule has 0 aromatic heterocycles. The van der Waals surface area contributed by atoms with Gasteiger partial charge in [-0.05, 0) is 66.6 Å². The van der Waals surface area contributed by atoms with E-state index in [1.54, 1.807) is 19.2 Å². The lowest BCUT2D eigenvalue weighted by Gasteiger charge is -2.35. The summed E-state index contributed by atoms with van der Waals surface area (Å²) >= 11 is 6.69. The monoisotopic (exact) mass is 438 g/mol. The first-order valence-electron chi connectivity index (χ1n) is 7.01. The van der Waals surface area contributed by atoms with Crippen molar-refractivity contribution in [2.45, 2.75) is 30.7 Å². The van der Waals surface area contributed by atoms with E-state index < -0.39 is 10.0 Å². The molecule has 0 bridgehead atoms. The van der Waals surface area contributed by atoms with Gasteiger partial charge in [0.25, 0.3) is 0 Å². The van der Waals surface area contributed by atoms with Crippen LogP contribution >= 0.6 is 31.9 Å². The Labute approximate surface area is 143 Å². The maximum atomic E-state index is 12.8. The first-order chi connectivity index (χ1) is 9.86. The molecule has 1 aromatic rings. The van der Waals surface area contributed by atoms with E-state index in [1.807, 2.05) is 6.07 Å². The number of sulfonamides is 1. The molecule has 1 aliphatic rings. The lowest BCUT2D eigenvalue weighted by molar-refractivity contribution is 0.176. The Kier molecular flexibility index (Phi) is 5.87. The first kappa shape index (κ1) is 17.4. The number of hydrogen-bond acceptors (Lipinski definition) is 3. The average Bonchev–Trinajstić information content (AvgIpc) is 2.49. The van der Waals surface area contributed by atoms with Gasteiger partial charge < -0.3 is 4.90 Å². The van der Waals surface area contributed by atoms with Gasteiger partial charge in [-0.15, -0.1) is 0 Å². The first-order valence-corrected chi connectivity index (χ1v) is 10.0. The molecule has 4 nitrogen and oxygen atoms in total. The molecule has 0 aliphatic carbocycles. The highest BCUT2D eigenvalue weighted by molar-refractivity contribution is 9.11. The average molecular weight is 440 g/mol. The molecule has 0 amide bonds. The fourth-order valence-electron chi connectivity index (χ4n) is 2.63. The molecule has 7 heteroatoms. The van der Waals surface area contributed by atoms with Crippen LogP contribution in [0.2, 0.25) is 0 Å². The third-order valence-electron chi connectivity index (χ3n) is 4.07. The van der Waals surface area contributed by atoms with Gasteiger partial charge in [-0.3, -0.25) is 0 Å². The lowest BCUT2D eigenvalue weighted by Crippen LogP contribution is -2.45. The summed E-state index contributed by atoms with van der Waals surface area (Å²) < 4.78 is 28.5. The van der Waals surface area contributed by atoms with Crippen LogP contribution in [0, 0.1) is 0 Å². The Morgan fingerprint density at radius 3 is 2.48 bits per heavy atom. The molecule has 118 valence electrons. The van der Waals surface area contributed by atoms with Crippen molar-refractivity contribution >= 4 is 41.9 Å². The Hall–Kier alpha value is 0.0500. The van der Waals surface area contributed by atoms with Crippen molar-refractivity contribution in [2.75, 3.05) is 26.7 Å². The zero-order valence-corrected chi connectivity index (χ0v) is 16.2. The van der Waals surface area contributed by atoms with Crippen LogP contribution in [0.3, 0.4) is 0 Å². The third-order valence-corrected chi connectivity index (χ3v) is 7.47. The van der Waals surface area contributed by atoms with Crippen molar-refractivity contribution in [1.29, 1.82) is 0 Å². The number of benzene rings is 1. The molecular formula is C14H20Br2N2O2S. The maximum Gasteiger partial charge on any atom is 0.244 e. The highest BCUT2D eigenvalue weighted by Gasteiger charge is 2.31. The minimum atomic E-state index is -3.48. The summed E-state index contributed by atoms with van der Waals surface area (Å²) in [6.07, 6.45) is 1.77. The Morgan fingerprint density at radius 1 is 1.29 bits per heavy atom. The Balaban J connectivity index is 2.21. The zero-order valence-electron chi connectivity index (χ0n) is 12.2. The normalized spacial score (nSPS) is 18.3. The topological polar surface area (TPSA) is 40.6 Å². The van der Waals surface area contributed by atoms with Crippen molar-refractivity contribution in [2.24, 2.45) is 0 Å². The summed E-state index contributed by atoms with van der Waals surface area (Å²) in [6, 6.07) is 5.30. The van der Waals surface area contributed by atoms with E-state index >= 15 is 0 Å². The van der Waals surface area contributed by atoms with Gasteiger partial charge in [0, 0.05) is 22.0 Å². The van der Waals surface area contributed by atoms with E-state index in [4.69, 9.17) is 0 Å². The van der Waals surface area contributed by atoms with Crippen molar-refractivity contribution in [3.8, 4) is 0 Å². The summed E-state index contributed by atoms with van der Waals surface area (Å²) in [7, 11) is -1.79. The van der Waals surface area contributed by atoms with E-state index in [0.717, 1.165) is 36.9 Å². The number of rotatable bonds is 4. The molecule has 2 rings (SSSR count). The van der Waals surface area contributed by atoms with Crippen LogP contribution in [0.25, 0.3) is 0 Å². The largest absolute Gasteiger partial charge is 0.303 e. The molecule has 1 aromatic carbocycles. The van der Waals surface area contributed by atoms with Crippen LogP contribution in [0.5, 0.6) is 0 Å². The van der Waals surface area contributed by atoms with E-state index in [2.05, 4.69) is 43.7 Å². The summed E-state index contributed by atoms with van der Waals surface area (Å²) in [5, 5.41) is 0. The number of halogens is 2. The van der Waals surface area contributed by atoms with E-state index in [0.29, 0.717) is 9.37 Å². The van der Waals surface area contributed by atoms with Crippen LogP contribution in [-0.2, 0) is 10.0 Å². The van der Waals surface area contributed by atoms with Crippen LogP contribution in [0.1, 0.15) is 19.8 Å². The van der Waals surface area contributed by atoms with Gasteiger partial charge in [0.2, 0.25) is 10.0 Å². The summed E-state index contributed by atoms with van der Waals surface area (Å²) in [4.78, 5) is 2.67. The predicted octanol–water partition coefficient (Wildman–Crippen LogP) is 3.32. The van der Waals surface area contributed by atoms with Crippen LogP contribution in [-0.4, -0.2) is 50.3 Å². The number of nitrogens with zero attached hydrogens (tertiary/aromatic N) is 2. The SMILES string of the molecule is CCN1CCC(N(C)S(=O)(=O)c2cc(Br)ccc2Br)CC1. The van der Waals surface area contributed by atoms with Crippen molar-refractivity contribution in [3.05, 3.63) is 27.1 Å². The van der Waals surface area contributed by atoms with Crippen LogP contribution in [0.4, 0.5) is 0 Å². The Bertz CT molecular complexity index is 599. The van der Waals surface area contributed by atoms with Crippen molar-refractivity contribution < 1.29 is 8.42 Å². The minimum Gasteiger partial charge on any atom is -0.303 e. The lowest BCUT2D eigenvalue weighted by atomic mass is 10.1. The molecule has 1 fully saturated rings. The summed E-state index contributed by atoms with van der Waals surface area (Å²) in [5.74, 6) is 0. The number of likely N-dealkylation sites (tertiary alicyclic amines) is 1. The highest BCUT2D eigenvalue weighted by atomic mass is 79.9. The third kappa shape index (κ3) is 3.88. The molecule has 0 spiro atoms. The second-order valence-corrected chi connectivity index (χ2v) is 9.00. The highest BCUT2D eigenvalue weighted by Crippen LogP contribution is 2.30. The quantitative estimate of drug-likeness (QED) is 0.722. The fraction of sp³-hybridized carbons (Fsp3) is 0.571. The minimum absolute atomic E-state index is 0.0729. The molecule has 1 heterocycles. The number of piperidine rings is 1. The summed E-state index contributed by atoms with van der Waals surface area (Å²) in [6.45, 7) is 5.08. The fourth-order valence-corrected chi connectivity index (χ4v) is 5.50. The van der Waals surface area contributed by atoms with Gasteiger partial charge in [0.15, 0.2) is 0 Å². The maximum absolute atomic E-state index is 12.8. The van der Waals surface area contributed by atoms with Crippen molar-refractivity contribution in [1.82, 2.24) is 9.21 Å². The molecule has 0 N–H and O–H groups in total. The van der Waals surface area contributed by atoms with E-state index in [-0.39, 0.29) is 6.04 Å². The molecule has 1 aliphatic heterocycles. The van der Waals surface area contributed by atoms with E-state index in [9.17, 15) is 8.42 Å². The van der Waals surface area contributed by atoms with Gasteiger partial charge in [-0.25, -0.2) is 8.42 Å². The van der Waals surface area contributed by atoms with Crippen LogP contribution in [0.15, 0.2) is 32.0 Å². The van der Waals surface area contributed by atoms with Gasteiger partial charge in [0.1, 0.15) is 0 Å². The molecule has 21 heavy (non-hydrogen) atoms. The molecular weight excluding hydrogens is 420 g/mol. The predicted molar refractivity (Wildman–Crippen MR) is 91.9 cm³/mol. The standard InChI is InChI=1S/C14H20Br2N2O2S/c1-3-18-8-6-12(7-9-18)17(2)21(19,20)14-10-11(15)4-5-13(14)16/h4-5,10,12H,3,6-9H2,1-2H3.